The minimum Gasteiger partial charge on any atom is -0.399 e. The molecule has 1 aromatic heterocycles. The average molecular weight is 279 g/mol. The van der Waals surface area contributed by atoms with Crippen LogP contribution in [0.1, 0.15) is 16.1 Å². The van der Waals surface area contributed by atoms with Crippen molar-refractivity contribution in [2.24, 2.45) is 7.05 Å². The van der Waals surface area contributed by atoms with E-state index in [1.54, 1.807) is 47.2 Å². The van der Waals surface area contributed by atoms with E-state index < -0.39 is 0 Å². The number of benzene rings is 1. The molecule has 1 heterocycles. The maximum absolute atomic E-state index is 12.1. The number of rotatable bonds is 3. The van der Waals surface area contributed by atoms with Crippen LogP contribution in [0.3, 0.4) is 0 Å². The van der Waals surface area contributed by atoms with Gasteiger partial charge >= 0.3 is 0 Å². The van der Waals surface area contributed by atoms with Gasteiger partial charge in [-0.15, -0.1) is 0 Å². The summed E-state index contributed by atoms with van der Waals surface area (Å²) in [6.45, 7) is 0.388. The lowest BCUT2D eigenvalue weighted by atomic mass is 10.2. The standard InChI is InChI=1S/C13H15ClN4O/c1-17-7-12(16-8-17)13(19)18(2)6-9-5-10(15)3-4-11(9)14/h3-5,7-8H,6,15H2,1-2H3. The van der Waals surface area contributed by atoms with Gasteiger partial charge in [-0.3, -0.25) is 4.79 Å². The summed E-state index contributed by atoms with van der Waals surface area (Å²) < 4.78 is 1.73. The summed E-state index contributed by atoms with van der Waals surface area (Å²) in [7, 11) is 3.52. The molecule has 0 saturated heterocycles. The predicted octanol–water partition coefficient (Wildman–Crippen LogP) is 1.93. The summed E-state index contributed by atoms with van der Waals surface area (Å²) in [5, 5.41) is 0.592. The van der Waals surface area contributed by atoms with Gasteiger partial charge in [0.25, 0.3) is 5.91 Å². The first-order valence-corrected chi connectivity index (χ1v) is 6.12. The third kappa shape index (κ3) is 3.06. The summed E-state index contributed by atoms with van der Waals surface area (Å²) in [6, 6.07) is 5.22. The lowest BCUT2D eigenvalue weighted by molar-refractivity contribution is 0.0780. The molecule has 0 aliphatic rings. The second-order valence-electron chi connectivity index (χ2n) is 4.44. The van der Waals surface area contributed by atoms with E-state index in [4.69, 9.17) is 17.3 Å². The number of halogens is 1. The van der Waals surface area contributed by atoms with Crippen LogP contribution in [0.15, 0.2) is 30.7 Å². The molecular weight excluding hydrogens is 264 g/mol. The van der Waals surface area contributed by atoms with Crippen LogP contribution in [0.25, 0.3) is 0 Å². The van der Waals surface area contributed by atoms with Crippen molar-refractivity contribution in [3.8, 4) is 0 Å². The number of amides is 1. The predicted molar refractivity (Wildman–Crippen MR) is 74.9 cm³/mol. The van der Waals surface area contributed by atoms with Crippen LogP contribution in [-0.2, 0) is 13.6 Å². The maximum Gasteiger partial charge on any atom is 0.274 e. The van der Waals surface area contributed by atoms with Crippen molar-refractivity contribution in [3.63, 3.8) is 0 Å². The normalized spacial score (nSPS) is 10.5. The van der Waals surface area contributed by atoms with Crippen LogP contribution in [-0.4, -0.2) is 27.4 Å². The number of nitrogens with zero attached hydrogens (tertiary/aromatic N) is 3. The summed E-state index contributed by atoms with van der Waals surface area (Å²) in [4.78, 5) is 17.7. The van der Waals surface area contributed by atoms with E-state index in [-0.39, 0.29) is 5.91 Å². The van der Waals surface area contributed by atoms with E-state index in [1.165, 1.54) is 0 Å². The second kappa shape index (κ2) is 5.32. The number of aryl methyl sites for hydroxylation is 1. The lowest BCUT2D eigenvalue weighted by Crippen LogP contribution is -2.26. The molecule has 0 spiro atoms. The Morgan fingerprint density at radius 3 is 2.89 bits per heavy atom. The van der Waals surface area contributed by atoms with Gasteiger partial charge in [0.2, 0.25) is 0 Å². The first-order chi connectivity index (χ1) is 8.97. The highest BCUT2D eigenvalue weighted by atomic mass is 35.5. The molecule has 0 saturated carbocycles. The quantitative estimate of drug-likeness (QED) is 0.873. The molecule has 2 rings (SSSR count). The second-order valence-corrected chi connectivity index (χ2v) is 4.84. The first-order valence-electron chi connectivity index (χ1n) is 5.74. The molecule has 6 heteroatoms. The molecule has 19 heavy (non-hydrogen) atoms. The highest BCUT2D eigenvalue weighted by Crippen LogP contribution is 2.20. The highest BCUT2D eigenvalue weighted by molar-refractivity contribution is 6.31. The number of imidazole rings is 1. The smallest absolute Gasteiger partial charge is 0.274 e. The van der Waals surface area contributed by atoms with Crippen molar-refractivity contribution in [1.82, 2.24) is 14.5 Å². The Bertz CT molecular complexity index is 608. The molecule has 0 atom stereocenters. The molecule has 0 radical (unpaired) electrons. The monoisotopic (exact) mass is 278 g/mol. The lowest BCUT2D eigenvalue weighted by Gasteiger charge is -2.17. The van der Waals surface area contributed by atoms with Gasteiger partial charge in [0.15, 0.2) is 0 Å². The molecule has 0 aliphatic heterocycles. The molecule has 1 aromatic carbocycles. The van der Waals surface area contributed by atoms with Gasteiger partial charge in [-0.1, -0.05) is 11.6 Å². The summed E-state index contributed by atoms with van der Waals surface area (Å²) in [5.41, 5.74) is 7.56. The fourth-order valence-electron chi connectivity index (χ4n) is 1.76. The van der Waals surface area contributed by atoms with Crippen molar-refractivity contribution in [1.29, 1.82) is 0 Å². The van der Waals surface area contributed by atoms with Crippen molar-refractivity contribution < 1.29 is 4.79 Å². The topological polar surface area (TPSA) is 64.2 Å². The zero-order valence-corrected chi connectivity index (χ0v) is 11.6. The van der Waals surface area contributed by atoms with Gasteiger partial charge < -0.3 is 15.2 Å². The Balaban J connectivity index is 2.14. The molecule has 100 valence electrons. The molecule has 0 bridgehead atoms. The van der Waals surface area contributed by atoms with E-state index in [9.17, 15) is 4.79 Å². The van der Waals surface area contributed by atoms with Crippen molar-refractivity contribution in [3.05, 3.63) is 47.0 Å². The Morgan fingerprint density at radius 1 is 1.53 bits per heavy atom. The van der Waals surface area contributed by atoms with Gasteiger partial charge in [-0.2, -0.15) is 0 Å². The fourth-order valence-corrected chi connectivity index (χ4v) is 1.94. The van der Waals surface area contributed by atoms with Crippen LogP contribution in [0.5, 0.6) is 0 Å². The van der Waals surface area contributed by atoms with Crippen LogP contribution in [0.4, 0.5) is 5.69 Å². The highest BCUT2D eigenvalue weighted by Gasteiger charge is 2.15. The van der Waals surface area contributed by atoms with Gasteiger partial charge in [0.1, 0.15) is 5.69 Å². The first kappa shape index (κ1) is 13.4. The van der Waals surface area contributed by atoms with Crippen molar-refractivity contribution >= 4 is 23.2 Å². The molecule has 0 aliphatic carbocycles. The Hall–Kier alpha value is -2.01. The number of aromatic nitrogens is 2. The number of hydrogen-bond acceptors (Lipinski definition) is 3. The molecule has 0 fully saturated rings. The van der Waals surface area contributed by atoms with Gasteiger partial charge in [-0.25, -0.2) is 4.98 Å². The van der Waals surface area contributed by atoms with E-state index in [0.29, 0.717) is 22.9 Å². The third-order valence-electron chi connectivity index (χ3n) is 2.75. The number of nitrogen functional groups attached to an aromatic ring is 1. The molecule has 1 amide bonds. The van der Waals surface area contributed by atoms with Gasteiger partial charge in [0, 0.05) is 37.5 Å². The molecular formula is C13H15ClN4O. The Kier molecular flexibility index (Phi) is 3.76. The van der Waals surface area contributed by atoms with Crippen LogP contribution >= 0.6 is 11.6 Å². The molecule has 5 nitrogen and oxygen atoms in total. The van der Waals surface area contributed by atoms with E-state index in [1.807, 2.05) is 7.05 Å². The number of anilines is 1. The minimum atomic E-state index is -0.154. The van der Waals surface area contributed by atoms with E-state index in [2.05, 4.69) is 4.98 Å². The van der Waals surface area contributed by atoms with Gasteiger partial charge in [-0.05, 0) is 23.8 Å². The summed E-state index contributed by atoms with van der Waals surface area (Å²) >= 11 is 6.08. The Labute approximate surface area is 116 Å². The van der Waals surface area contributed by atoms with Crippen LogP contribution in [0, 0.1) is 0 Å². The van der Waals surface area contributed by atoms with Crippen LogP contribution < -0.4 is 5.73 Å². The number of hydrogen-bond donors (Lipinski definition) is 1. The zero-order chi connectivity index (χ0) is 14.0. The zero-order valence-electron chi connectivity index (χ0n) is 10.8. The fraction of sp³-hybridized carbons (Fsp3) is 0.231. The van der Waals surface area contributed by atoms with Crippen molar-refractivity contribution in [2.45, 2.75) is 6.54 Å². The number of nitrogens with two attached hydrogens (primary N) is 1. The number of carbonyl (C=O) groups excluding carboxylic acids is 1. The molecule has 0 unspecified atom stereocenters. The van der Waals surface area contributed by atoms with E-state index in [0.717, 1.165) is 5.56 Å². The largest absolute Gasteiger partial charge is 0.399 e. The van der Waals surface area contributed by atoms with Gasteiger partial charge in [0.05, 0.1) is 6.33 Å². The van der Waals surface area contributed by atoms with E-state index >= 15 is 0 Å². The van der Waals surface area contributed by atoms with Crippen molar-refractivity contribution in [2.75, 3.05) is 12.8 Å². The number of carbonyl (C=O) groups is 1. The molecule has 2 N–H and O–H groups in total. The van der Waals surface area contributed by atoms with Crippen LogP contribution in [0.2, 0.25) is 5.02 Å². The maximum atomic E-state index is 12.1. The molecule has 2 aromatic rings. The SMILES string of the molecule is CN(Cc1cc(N)ccc1Cl)C(=O)c1cn(C)cn1. The Morgan fingerprint density at radius 2 is 2.26 bits per heavy atom. The average Bonchev–Trinajstić information content (AvgIpc) is 2.79. The third-order valence-corrected chi connectivity index (χ3v) is 3.12. The summed E-state index contributed by atoms with van der Waals surface area (Å²) in [5.74, 6) is -0.154. The summed E-state index contributed by atoms with van der Waals surface area (Å²) in [6.07, 6.45) is 3.27. The minimum absolute atomic E-state index is 0.154.